The smallest absolute Gasteiger partial charge is 0.123 e. The number of piperidine rings is 1. The Morgan fingerprint density at radius 3 is 2.81 bits per heavy atom. The van der Waals surface area contributed by atoms with E-state index in [1.807, 2.05) is 6.07 Å². The van der Waals surface area contributed by atoms with Crippen LogP contribution >= 0.6 is 0 Å². The molecule has 88 valence electrons. The topological polar surface area (TPSA) is 21.3 Å². The van der Waals surface area contributed by atoms with Crippen LogP contribution in [0, 0.1) is 5.82 Å². The first-order chi connectivity index (χ1) is 7.81. The number of nitrogens with one attached hydrogen (secondary N) is 1. The Balaban J connectivity index is 2.24. The average Bonchev–Trinajstić information content (AvgIpc) is 2.33. The van der Waals surface area contributed by atoms with Crippen LogP contribution in [0.3, 0.4) is 0 Å². The fourth-order valence-electron chi connectivity index (χ4n) is 2.37. The molecule has 1 aromatic rings. The molecule has 1 aliphatic rings. The number of hydrogen-bond acceptors (Lipinski definition) is 2. The van der Waals surface area contributed by atoms with Crippen LogP contribution in [0.1, 0.15) is 29.9 Å². The molecule has 0 spiro atoms. The van der Waals surface area contributed by atoms with Gasteiger partial charge in [0.25, 0.3) is 0 Å². The lowest BCUT2D eigenvalue weighted by atomic mass is 9.87. The summed E-state index contributed by atoms with van der Waals surface area (Å²) in [5.41, 5.74) is 2.25. The van der Waals surface area contributed by atoms with Crippen molar-refractivity contribution in [1.29, 1.82) is 0 Å². The second-order valence-electron chi connectivity index (χ2n) is 4.30. The molecule has 0 saturated carbocycles. The molecule has 1 heterocycles. The molecule has 16 heavy (non-hydrogen) atoms. The van der Waals surface area contributed by atoms with Crippen LogP contribution < -0.4 is 5.32 Å². The highest BCUT2D eigenvalue weighted by Gasteiger charge is 2.18. The lowest BCUT2D eigenvalue weighted by molar-refractivity contribution is 0.183. The van der Waals surface area contributed by atoms with Crippen molar-refractivity contribution in [1.82, 2.24) is 5.32 Å². The minimum absolute atomic E-state index is 0.145. The van der Waals surface area contributed by atoms with Crippen molar-refractivity contribution in [3.05, 3.63) is 35.1 Å². The molecule has 0 bridgehead atoms. The Morgan fingerprint density at radius 1 is 1.38 bits per heavy atom. The van der Waals surface area contributed by atoms with Crippen LogP contribution in [0.2, 0.25) is 0 Å². The van der Waals surface area contributed by atoms with Crippen molar-refractivity contribution in [2.75, 3.05) is 20.2 Å². The van der Waals surface area contributed by atoms with Gasteiger partial charge in [0.2, 0.25) is 0 Å². The Bertz CT molecular complexity index is 348. The third-order valence-corrected chi connectivity index (χ3v) is 3.19. The summed E-state index contributed by atoms with van der Waals surface area (Å²) in [5.74, 6) is 0.329. The van der Waals surface area contributed by atoms with Crippen LogP contribution in [-0.4, -0.2) is 20.2 Å². The standard InChI is InChI=1S/C13H18FNO/c1-16-9-11-2-3-12(14)8-13(11)10-4-6-15-7-5-10/h2-3,8,10,15H,4-7,9H2,1H3. The van der Waals surface area contributed by atoms with Gasteiger partial charge < -0.3 is 10.1 Å². The van der Waals surface area contributed by atoms with Crippen LogP contribution in [0.15, 0.2) is 18.2 Å². The fourth-order valence-corrected chi connectivity index (χ4v) is 2.37. The van der Waals surface area contributed by atoms with Gasteiger partial charge in [-0.3, -0.25) is 0 Å². The number of methoxy groups -OCH3 is 1. The summed E-state index contributed by atoms with van der Waals surface area (Å²) in [5, 5.41) is 3.33. The second-order valence-corrected chi connectivity index (χ2v) is 4.30. The lowest BCUT2D eigenvalue weighted by Crippen LogP contribution is -2.27. The van der Waals surface area contributed by atoms with Gasteiger partial charge in [-0.15, -0.1) is 0 Å². The molecule has 2 rings (SSSR count). The molecule has 1 aromatic carbocycles. The zero-order chi connectivity index (χ0) is 11.4. The van der Waals surface area contributed by atoms with E-state index >= 15 is 0 Å². The highest BCUT2D eigenvalue weighted by molar-refractivity contribution is 5.31. The van der Waals surface area contributed by atoms with Crippen molar-refractivity contribution in [2.45, 2.75) is 25.4 Å². The molecule has 0 radical (unpaired) electrons. The van der Waals surface area contributed by atoms with E-state index in [-0.39, 0.29) is 5.82 Å². The number of ether oxygens (including phenoxy) is 1. The average molecular weight is 223 g/mol. The van der Waals surface area contributed by atoms with E-state index < -0.39 is 0 Å². The van der Waals surface area contributed by atoms with Gasteiger partial charge in [0.15, 0.2) is 0 Å². The molecular formula is C13H18FNO. The first kappa shape index (κ1) is 11.6. The molecule has 0 aromatic heterocycles. The lowest BCUT2D eigenvalue weighted by Gasteiger charge is -2.25. The summed E-state index contributed by atoms with van der Waals surface area (Å²) in [4.78, 5) is 0. The summed E-state index contributed by atoms with van der Waals surface area (Å²) in [6.07, 6.45) is 2.17. The van der Waals surface area contributed by atoms with E-state index in [2.05, 4.69) is 5.32 Å². The minimum atomic E-state index is -0.145. The van der Waals surface area contributed by atoms with Crippen molar-refractivity contribution >= 4 is 0 Å². The number of benzene rings is 1. The molecule has 2 nitrogen and oxygen atoms in total. The van der Waals surface area contributed by atoms with E-state index in [1.165, 1.54) is 6.07 Å². The summed E-state index contributed by atoms with van der Waals surface area (Å²) in [6.45, 7) is 2.61. The highest BCUT2D eigenvalue weighted by atomic mass is 19.1. The van der Waals surface area contributed by atoms with Crippen molar-refractivity contribution < 1.29 is 9.13 Å². The first-order valence-corrected chi connectivity index (χ1v) is 5.79. The van der Waals surface area contributed by atoms with Gasteiger partial charge in [0, 0.05) is 7.11 Å². The van der Waals surface area contributed by atoms with Crippen LogP contribution in [0.25, 0.3) is 0 Å². The van der Waals surface area contributed by atoms with Gasteiger partial charge in [-0.25, -0.2) is 4.39 Å². The monoisotopic (exact) mass is 223 g/mol. The van der Waals surface area contributed by atoms with Crippen LogP contribution in [-0.2, 0) is 11.3 Å². The molecular weight excluding hydrogens is 205 g/mol. The Hall–Kier alpha value is -0.930. The highest BCUT2D eigenvalue weighted by Crippen LogP contribution is 2.29. The summed E-state index contributed by atoms with van der Waals surface area (Å²) >= 11 is 0. The Labute approximate surface area is 95.8 Å². The van der Waals surface area contributed by atoms with E-state index in [0.717, 1.165) is 37.1 Å². The van der Waals surface area contributed by atoms with Crippen molar-refractivity contribution in [3.8, 4) is 0 Å². The molecule has 3 heteroatoms. The SMILES string of the molecule is COCc1ccc(F)cc1C1CCNCC1. The van der Waals surface area contributed by atoms with Crippen LogP contribution in [0.5, 0.6) is 0 Å². The third-order valence-electron chi connectivity index (χ3n) is 3.19. The number of halogens is 1. The van der Waals surface area contributed by atoms with E-state index in [0.29, 0.717) is 12.5 Å². The molecule has 0 amide bonds. The maximum Gasteiger partial charge on any atom is 0.123 e. The molecule has 1 fully saturated rings. The quantitative estimate of drug-likeness (QED) is 0.849. The summed E-state index contributed by atoms with van der Waals surface area (Å²) in [6, 6.07) is 5.03. The zero-order valence-corrected chi connectivity index (χ0v) is 9.63. The van der Waals surface area contributed by atoms with Gasteiger partial charge in [0.05, 0.1) is 6.61 Å². The van der Waals surface area contributed by atoms with Crippen LogP contribution in [0.4, 0.5) is 4.39 Å². The zero-order valence-electron chi connectivity index (χ0n) is 9.63. The van der Waals surface area contributed by atoms with Crippen molar-refractivity contribution in [3.63, 3.8) is 0 Å². The van der Waals surface area contributed by atoms with Gasteiger partial charge in [-0.05, 0) is 55.1 Å². The molecule has 1 N–H and O–H groups in total. The van der Waals surface area contributed by atoms with Gasteiger partial charge in [0.1, 0.15) is 5.82 Å². The van der Waals surface area contributed by atoms with Crippen molar-refractivity contribution in [2.24, 2.45) is 0 Å². The van der Waals surface area contributed by atoms with E-state index in [1.54, 1.807) is 13.2 Å². The van der Waals surface area contributed by atoms with E-state index in [4.69, 9.17) is 4.74 Å². The summed E-state index contributed by atoms with van der Waals surface area (Å²) in [7, 11) is 1.68. The normalized spacial score (nSPS) is 17.6. The Morgan fingerprint density at radius 2 is 2.12 bits per heavy atom. The molecule has 1 aliphatic heterocycles. The number of rotatable bonds is 3. The summed E-state index contributed by atoms with van der Waals surface area (Å²) < 4.78 is 18.4. The first-order valence-electron chi connectivity index (χ1n) is 5.79. The maximum atomic E-state index is 13.3. The van der Waals surface area contributed by atoms with Gasteiger partial charge in [-0.1, -0.05) is 6.07 Å². The maximum absolute atomic E-state index is 13.3. The largest absolute Gasteiger partial charge is 0.380 e. The molecule has 0 unspecified atom stereocenters. The van der Waals surface area contributed by atoms with E-state index in [9.17, 15) is 4.39 Å². The predicted octanol–water partition coefficient (Wildman–Crippen LogP) is 2.44. The minimum Gasteiger partial charge on any atom is -0.380 e. The second kappa shape index (κ2) is 5.41. The van der Waals surface area contributed by atoms with Gasteiger partial charge in [-0.2, -0.15) is 0 Å². The molecule has 0 atom stereocenters. The Kier molecular flexibility index (Phi) is 3.91. The fraction of sp³-hybridized carbons (Fsp3) is 0.538. The molecule has 1 saturated heterocycles. The molecule has 0 aliphatic carbocycles. The third kappa shape index (κ3) is 2.60. The van der Waals surface area contributed by atoms with Gasteiger partial charge >= 0.3 is 0 Å². The predicted molar refractivity (Wildman–Crippen MR) is 62.0 cm³/mol. The number of hydrogen-bond donors (Lipinski definition) is 1.